The van der Waals surface area contributed by atoms with E-state index in [4.69, 9.17) is 14.2 Å². The first-order valence-corrected chi connectivity index (χ1v) is 11.3. The number of methoxy groups -OCH3 is 1. The van der Waals surface area contributed by atoms with E-state index in [1.165, 1.54) is 4.90 Å². The molecule has 0 aliphatic carbocycles. The van der Waals surface area contributed by atoms with E-state index in [1.807, 2.05) is 58.0 Å². The number of nitrogens with zero attached hydrogens (tertiary/aromatic N) is 2. The highest BCUT2D eigenvalue weighted by Gasteiger charge is 2.47. The van der Waals surface area contributed by atoms with Gasteiger partial charge in [0.25, 0.3) is 0 Å². The van der Waals surface area contributed by atoms with E-state index in [0.29, 0.717) is 6.54 Å². The molecule has 0 aromatic heterocycles. The van der Waals surface area contributed by atoms with Crippen molar-refractivity contribution in [1.82, 2.24) is 9.80 Å². The molecular formula is C24H36N2O6. The van der Waals surface area contributed by atoms with Crippen molar-refractivity contribution in [2.75, 3.05) is 13.7 Å². The van der Waals surface area contributed by atoms with Gasteiger partial charge in [-0.1, -0.05) is 37.3 Å². The second kappa shape index (κ2) is 9.77. The summed E-state index contributed by atoms with van der Waals surface area (Å²) >= 11 is 0. The van der Waals surface area contributed by atoms with Crippen LogP contribution in [0, 0.1) is 5.92 Å². The molecule has 2 amide bonds. The Morgan fingerprint density at radius 2 is 1.88 bits per heavy atom. The predicted molar refractivity (Wildman–Crippen MR) is 119 cm³/mol. The number of amides is 2. The number of ether oxygens (including phenoxy) is 3. The molecule has 32 heavy (non-hydrogen) atoms. The van der Waals surface area contributed by atoms with E-state index in [2.05, 4.69) is 0 Å². The molecule has 2 saturated heterocycles. The first kappa shape index (κ1) is 24.5. The van der Waals surface area contributed by atoms with Crippen LogP contribution < -0.4 is 0 Å². The maximum Gasteiger partial charge on any atom is 0.410 e. The van der Waals surface area contributed by atoms with Crippen molar-refractivity contribution < 1.29 is 28.9 Å². The third-order valence-electron chi connectivity index (χ3n) is 6.23. The Labute approximate surface area is 190 Å². The number of hydrogen-bond acceptors (Lipinski definition) is 6. The number of likely N-dealkylation sites (tertiary alicyclic amines) is 1. The monoisotopic (exact) mass is 448 g/mol. The Hall–Kier alpha value is -2.16. The second-order valence-corrected chi connectivity index (χ2v) is 9.65. The Morgan fingerprint density at radius 1 is 1.22 bits per heavy atom. The first-order valence-electron chi connectivity index (χ1n) is 11.3. The smallest absolute Gasteiger partial charge is 0.410 e. The van der Waals surface area contributed by atoms with Gasteiger partial charge in [-0.15, -0.1) is 0 Å². The molecule has 2 aliphatic heterocycles. The molecule has 1 unspecified atom stereocenters. The lowest BCUT2D eigenvalue weighted by atomic mass is 9.93. The number of benzene rings is 1. The lowest BCUT2D eigenvalue weighted by Crippen LogP contribution is -2.53. The third-order valence-corrected chi connectivity index (χ3v) is 6.23. The molecule has 8 nitrogen and oxygen atoms in total. The van der Waals surface area contributed by atoms with Crippen molar-refractivity contribution in [3.8, 4) is 0 Å². The number of hydrogen-bond donors (Lipinski definition) is 1. The maximum absolute atomic E-state index is 13.5. The molecule has 1 aromatic carbocycles. The molecule has 0 radical (unpaired) electrons. The van der Waals surface area contributed by atoms with Crippen LogP contribution in [-0.2, 0) is 19.0 Å². The Morgan fingerprint density at radius 3 is 2.47 bits per heavy atom. The number of rotatable bonds is 5. The number of carbonyl (C=O) groups is 2. The van der Waals surface area contributed by atoms with E-state index in [-0.39, 0.29) is 18.0 Å². The SMILES string of the molecule is CO[C@H]([C@@H](C)C(=O)N1C(O)O[C@@H](c2ccccc2)[C@H]1C)[C@@H]1CCCN1C(=O)OC(C)(C)C. The fraction of sp³-hybridized carbons (Fsp3) is 0.667. The zero-order valence-corrected chi connectivity index (χ0v) is 19.9. The fourth-order valence-corrected chi connectivity index (χ4v) is 4.72. The van der Waals surface area contributed by atoms with Crippen LogP contribution in [0.1, 0.15) is 59.1 Å². The molecule has 3 rings (SSSR count). The number of aliphatic hydroxyl groups excluding tert-OH is 1. The lowest BCUT2D eigenvalue weighted by molar-refractivity contribution is -0.177. The standard InChI is InChI=1S/C24H36N2O6/c1-15(19(30-6)18-13-10-14-25(18)22(28)32-24(3,4)5)21(27)26-16(2)20(31-23(26)29)17-11-8-7-9-12-17/h7-9,11-12,15-16,18-20,23,29H,10,13-14H2,1-6H3/t15-,16-,18+,19-,20-,23?/m1/s1. The summed E-state index contributed by atoms with van der Waals surface area (Å²) in [5.74, 6) is -0.866. The molecule has 2 heterocycles. The van der Waals surface area contributed by atoms with Gasteiger partial charge >= 0.3 is 6.09 Å². The Balaban J connectivity index is 1.75. The van der Waals surface area contributed by atoms with Gasteiger partial charge in [0.1, 0.15) is 11.7 Å². The molecule has 1 N–H and O–H groups in total. The minimum absolute atomic E-state index is 0.272. The molecule has 0 saturated carbocycles. The van der Waals surface area contributed by atoms with Crippen LogP contribution in [0.25, 0.3) is 0 Å². The Kier molecular flexibility index (Phi) is 7.47. The van der Waals surface area contributed by atoms with Gasteiger partial charge in [0, 0.05) is 13.7 Å². The number of carbonyl (C=O) groups excluding carboxylic acids is 2. The van der Waals surface area contributed by atoms with Gasteiger partial charge in [-0.2, -0.15) is 0 Å². The van der Waals surface area contributed by atoms with Crippen molar-refractivity contribution in [3.05, 3.63) is 35.9 Å². The zero-order valence-electron chi connectivity index (χ0n) is 19.9. The predicted octanol–water partition coefficient (Wildman–Crippen LogP) is 3.30. The van der Waals surface area contributed by atoms with E-state index in [0.717, 1.165) is 18.4 Å². The normalized spacial score (nSPS) is 28.0. The van der Waals surface area contributed by atoms with Crippen LogP contribution in [0.15, 0.2) is 30.3 Å². The van der Waals surface area contributed by atoms with Crippen molar-refractivity contribution in [2.45, 2.75) is 83.8 Å². The van der Waals surface area contributed by atoms with Crippen LogP contribution >= 0.6 is 0 Å². The molecule has 178 valence electrons. The van der Waals surface area contributed by atoms with E-state index in [9.17, 15) is 14.7 Å². The van der Waals surface area contributed by atoms with Gasteiger partial charge < -0.3 is 24.2 Å². The molecule has 8 heteroatoms. The van der Waals surface area contributed by atoms with Gasteiger partial charge in [0.05, 0.1) is 24.1 Å². The van der Waals surface area contributed by atoms with Crippen LogP contribution in [-0.4, -0.2) is 70.8 Å². The molecule has 1 aromatic rings. The summed E-state index contributed by atoms with van der Waals surface area (Å²) in [5.41, 5.74) is 0.296. The van der Waals surface area contributed by atoms with E-state index >= 15 is 0 Å². The molecule has 0 bridgehead atoms. The largest absolute Gasteiger partial charge is 0.444 e. The first-order chi connectivity index (χ1) is 15.0. The highest BCUT2D eigenvalue weighted by molar-refractivity contribution is 5.80. The van der Waals surface area contributed by atoms with Crippen LogP contribution in [0.3, 0.4) is 0 Å². The summed E-state index contributed by atoms with van der Waals surface area (Å²) in [7, 11) is 1.55. The maximum atomic E-state index is 13.5. The van der Waals surface area contributed by atoms with Gasteiger partial charge in [0.15, 0.2) is 0 Å². The Bertz CT molecular complexity index is 795. The minimum atomic E-state index is -1.34. The van der Waals surface area contributed by atoms with Gasteiger partial charge in [-0.25, -0.2) is 4.79 Å². The molecule has 6 atom stereocenters. The average Bonchev–Trinajstić information content (AvgIpc) is 3.32. The van der Waals surface area contributed by atoms with Crippen molar-refractivity contribution >= 4 is 12.0 Å². The third kappa shape index (κ3) is 5.08. The zero-order chi connectivity index (χ0) is 23.6. The van der Waals surface area contributed by atoms with Crippen LogP contribution in [0.4, 0.5) is 4.79 Å². The second-order valence-electron chi connectivity index (χ2n) is 9.65. The molecule has 2 fully saturated rings. The van der Waals surface area contributed by atoms with Crippen molar-refractivity contribution in [3.63, 3.8) is 0 Å². The minimum Gasteiger partial charge on any atom is -0.444 e. The van der Waals surface area contributed by atoms with Crippen LogP contribution in [0.5, 0.6) is 0 Å². The summed E-state index contributed by atoms with van der Waals surface area (Å²) in [4.78, 5) is 29.3. The summed E-state index contributed by atoms with van der Waals surface area (Å²) < 4.78 is 17.0. The summed E-state index contributed by atoms with van der Waals surface area (Å²) in [6.45, 7) is 9.68. The van der Waals surface area contributed by atoms with E-state index in [1.54, 1.807) is 18.9 Å². The van der Waals surface area contributed by atoms with E-state index < -0.39 is 36.2 Å². The molecule has 0 spiro atoms. The quantitative estimate of drug-likeness (QED) is 0.744. The lowest BCUT2D eigenvalue weighted by Gasteiger charge is -2.36. The van der Waals surface area contributed by atoms with Crippen LogP contribution in [0.2, 0.25) is 0 Å². The molecule has 2 aliphatic rings. The summed E-state index contributed by atoms with van der Waals surface area (Å²) in [6.07, 6.45) is -1.17. The highest BCUT2D eigenvalue weighted by Crippen LogP contribution is 2.36. The van der Waals surface area contributed by atoms with Gasteiger partial charge in [-0.3, -0.25) is 9.69 Å². The van der Waals surface area contributed by atoms with Crippen molar-refractivity contribution in [1.29, 1.82) is 0 Å². The topological polar surface area (TPSA) is 88.5 Å². The summed E-state index contributed by atoms with van der Waals surface area (Å²) in [6, 6.07) is 8.90. The van der Waals surface area contributed by atoms with Crippen molar-refractivity contribution in [2.24, 2.45) is 5.92 Å². The number of aliphatic hydroxyl groups is 1. The molecular weight excluding hydrogens is 412 g/mol. The fourth-order valence-electron chi connectivity index (χ4n) is 4.72. The highest BCUT2D eigenvalue weighted by atomic mass is 16.6. The summed E-state index contributed by atoms with van der Waals surface area (Å²) in [5, 5.41) is 10.6. The van der Waals surface area contributed by atoms with Gasteiger partial charge in [0.2, 0.25) is 12.3 Å². The average molecular weight is 449 g/mol. The van der Waals surface area contributed by atoms with Gasteiger partial charge in [-0.05, 0) is 46.1 Å².